The molecule has 6 nitrogen and oxygen atoms in total. The number of halogens is 2. The van der Waals surface area contributed by atoms with Crippen LogP contribution in [0.3, 0.4) is 0 Å². The Hall–Kier alpha value is -2.80. The first-order chi connectivity index (χ1) is 14.4. The number of hydrogen-bond acceptors (Lipinski definition) is 5. The third kappa shape index (κ3) is 2.99. The van der Waals surface area contributed by atoms with E-state index in [2.05, 4.69) is 32.5 Å². The van der Waals surface area contributed by atoms with Crippen LogP contribution in [-0.2, 0) is 11.2 Å². The second-order valence-electron chi connectivity index (χ2n) is 8.22. The number of fused-ring (bicyclic) bond motifs is 1. The van der Waals surface area contributed by atoms with Crippen LogP contribution in [0, 0.1) is 11.2 Å². The molecule has 0 atom stereocenters. The zero-order chi connectivity index (χ0) is 21.0. The molecule has 3 aliphatic rings. The summed E-state index contributed by atoms with van der Waals surface area (Å²) in [6, 6.07) is 1.59. The third-order valence-electron chi connectivity index (χ3n) is 6.58. The molecule has 30 heavy (non-hydrogen) atoms. The Morgan fingerprint density at radius 1 is 1.23 bits per heavy atom. The van der Waals surface area contributed by atoms with Crippen molar-refractivity contribution in [2.45, 2.75) is 39.5 Å². The summed E-state index contributed by atoms with van der Waals surface area (Å²) in [4.78, 5) is 24.9. The van der Waals surface area contributed by atoms with Crippen molar-refractivity contribution < 1.29 is 9.18 Å². The maximum atomic E-state index is 15.5. The molecular formula is C22H21ClFN5O. The van der Waals surface area contributed by atoms with Crippen LogP contribution in [0.5, 0.6) is 0 Å². The zero-order valence-corrected chi connectivity index (χ0v) is 17.5. The Morgan fingerprint density at radius 3 is 2.77 bits per heavy atom. The Morgan fingerprint density at radius 2 is 2.03 bits per heavy atom. The van der Waals surface area contributed by atoms with Crippen molar-refractivity contribution in [3.05, 3.63) is 57.4 Å². The molecule has 2 aromatic rings. The first-order valence-electron chi connectivity index (χ1n) is 10.0. The predicted octanol–water partition coefficient (Wildman–Crippen LogP) is 4.35. The van der Waals surface area contributed by atoms with E-state index >= 15 is 4.39 Å². The fourth-order valence-corrected chi connectivity index (χ4v) is 4.76. The number of carbonyl (C=O) groups is 1. The molecule has 1 fully saturated rings. The number of nitrogens with one attached hydrogen (secondary N) is 2. The average Bonchev–Trinajstić information content (AvgIpc) is 3.50. The van der Waals surface area contributed by atoms with Gasteiger partial charge in [0.05, 0.1) is 0 Å². The molecule has 1 spiro atoms. The van der Waals surface area contributed by atoms with E-state index in [4.69, 9.17) is 11.6 Å². The number of pyridine rings is 1. The van der Waals surface area contributed by atoms with E-state index in [1.807, 2.05) is 6.92 Å². The second kappa shape index (κ2) is 6.87. The number of rotatable bonds is 3. The van der Waals surface area contributed by atoms with Crippen molar-refractivity contribution in [2.75, 3.05) is 11.9 Å². The number of amides is 1. The number of aromatic nitrogens is 3. The molecule has 1 aliphatic heterocycles. The molecule has 2 aliphatic carbocycles. The van der Waals surface area contributed by atoms with Crippen LogP contribution in [0.1, 0.15) is 44.2 Å². The number of carbonyl (C=O) groups excluding carboxylic acids is 1. The number of nitrogens with zero attached hydrogens (tertiary/aromatic N) is 3. The second-order valence-corrected chi connectivity index (χ2v) is 8.56. The number of hydrogen-bond donors (Lipinski definition) is 2. The lowest BCUT2D eigenvalue weighted by atomic mass is 9.78. The van der Waals surface area contributed by atoms with Crippen molar-refractivity contribution >= 4 is 34.7 Å². The molecule has 0 saturated heterocycles. The van der Waals surface area contributed by atoms with Gasteiger partial charge in [-0.1, -0.05) is 5.57 Å². The van der Waals surface area contributed by atoms with Crippen LogP contribution in [0.25, 0.3) is 5.57 Å². The molecule has 1 saturated carbocycles. The molecule has 0 unspecified atom stereocenters. The van der Waals surface area contributed by atoms with Gasteiger partial charge in [0, 0.05) is 35.5 Å². The van der Waals surface area contributed by atoms with Crippen molar-refractivity contribution in [3.8, 4) is 0 Å². The van der Waals surface area contributed by atoms with Crippen molar-refractivity contribution in [1.82, 2.24) is 20.3 Å². The molecule has 2 aromatic heterocycles. The van der Waals surface area contributed by atoms with Gasteiger partial charge in [-0.2, -0.15) is 0 Å². The van der Waals surface area contributed by atoms with Crippen molar-refractivity contribution in [1.29, 1.82) is 0 Å². The van der Waals surface area contributed by atoms with Gasteiger partial charge < -0.3 is 10.6 Å². The van der Waals surface area contributed by atoms with E-state index < -0.39 is 5.82 Å². The SMILES string of the molecule is CC1=C(C2=C(C)C3(CC3)CNC2=O)CCc2cnc(Nc3ccnc(Cl)n3)c(F)c21. The fraction of sp³-hybridized carbons (Fsp3) is 0.364. The zero-order valence-electron chi connectivity index (χ0n) is 16.8. The molecule has 3 heterocycles. The van der Waals surface area contributed by atoms with Gasteiger partial charge in [-0.05, 0) is 73.9 Å². The maximum absolute atomic E-state index is 15.5. The van der Waals surface area contributed by atoms with Crippen molar-refractivity contribution in [2.24, 2.45) is 5.41 Å². The van der Waals surface area contributed by atoms with E-state index in [0.29, 0.717) is 30.8 Å². The highest BCUT2D eigenvalue weighted by Gasteiger charge is 2.49. The Balaban J connectivity index is 1.59. The first kappa shape index (κ1) is 19.2. The lowest BCUT2D eigenvalue weighted by Gasteiger charge is -2.31. The fourth-order valence-electron chi connectivity index (χ4n) is 4.61. The summed E-state index contributed by atoms with van der Waals surface area (Å²) >= 11 is 5.82. The smallest absolute Gasteiger partial charge is 0.251 e. The summed E-state index contributed by atoms with van der Waals surface area (Å²) in [5.74, 6) is -0.0692. The standard InChI is InChI=1S/C22H21ClFN5O/c1-11-14(17-12(2)22(6-7-22)10-27-20(17)30)4-3-13-9-26-19(18(24)16(11)13)28-15-5-8-25-21(23)29-15/h5,8-9H,3-4,6-7,10H2,1-2H3,(H,27,30)(H,25,26,28,29). The summed E-state index contributed by atoms with van der Waals surface area (Å²) in [5.41, 5.74) is 5.08. The number of allylic oxidation sites excluding steroid dienone is 1. The molecule has 1 amide bonds. The molecule has 0 bridgehead atoms. The van der Waals surface area contributed by atoms with Gasteiger partial charge in [0.2, 0.25) is 5.28 Å². The van der Waals surface area contributed by atoms with E-state index in [0.717, 1.165) is 40.7 Å². The molecular weight excluding hydrogens is 405 g/mol. The Kier molecular flexibility index (Phi) is 4.39. The monoisotopic (exact) mass is 425 g/mol. The van der Waals surface area contributed by atoms with Crippen LogP contribution in [0.15, 0.2) is 35.2 Å². The summed E-state index contributed by atoms with van der Waals surface area (Å²) in [7, 11) is 0. The minimum Gasteiger partial charge on any atom is -0.351 e. The van der Waals surface area contributed by atoms with E-state index in [-0.39, 0.29) is 22.4 Å². The highest BCUT2D eigenvalue weighted by atomic mass is 35.5. The Labute approximate surface area is 178 Å². The lowest BCUT2D eigenvalue weighted by Crippen LogP contribution is -2.39. The van der Waals surface area contributed by atoms with E-state index in [1.54, 1.807) is 12.3 Å². The number of aryl methyl sites for hydroxylation is 1. The van der Waals surface area contributed by atoms with Crippen LogP contribution < -0.4 is 10.6 Å². The molecule has 5 rings (SSSR count). The largest absolute Gasteiger partial charge is 0.351 e. The van der Waals surface area contributed by atoms with Crippen LogP contribution >= 0.6 is 11.6 Å². The average molecular weight is 426 g/mol. The molecule has 0 radical (unpaired) electrons. The quantitative estimate of drug-likeness (QED) is 0.714. The highest BCUT2D eigenvalue weighted by Crippen LogP contribution is 2.55. The molecule has 154 valence electrons. The van der Waals surface area contributed by atoms with Crippen LogP contribution in [-0.4, -0.2) is 27.4 Å². The van der Waals surface area contributed by atoms with Gasteiger partial charge >= 0.3 is 0 Å². The topological polar surface area (TPSA) is 79.8 Å². The maximum Gasteiger partial charge on any atom is 0.251 e. The van der Waals surface area contributed by atoms with Gasteiger partial charge in [-0.3, -0.25) is 4.79 Å². The molecule has 2 N–H and O–H groups in total. The minimum absolute atomic E-state index is 0.0498. The highest BCUT2D eigenvalue weighted by molar-refractivity contribution is 6.28. The first-order valence-corrected chi connectivity index (χ1v) is 10.4. The Bertz CT molecular complexity index is 1150. The lowest BCUT2D eigenvalue weighted by molar-refractivity contribution is -0.118. The normalized spacial score (nSPS) is 19.7. The van der Waals surface area contributed by atoms with Crippen LogP contribution in [0.2, 0.25) is 5.28 Å². The van der Waals surface area contributed by atoms with Gasteiger partial charge in [-0.15, -0.1) is 0 Å². The van der Waals surface area contributed by atoms with Crippen LogP contribution in [0.4, 0.5) is 16.0 Å². The minimum atomic E-state index is -0.451. The van der Waals surface area contributed by atoms with Crippen molar-refractivity contribution in [3.63, 3.8) is 0 Å². The number of anilines is 2. The van der Waals surface area contributed by atoms with Gasteiger partial charge in [-0.25, -0.2) is 19.3 Å². The predicted molar refractivity (Wildman–Crippen MR) is 113 cm³/mol. The summed E-state index contributed by atoms with van der Waals surface area (Å²) < 4.78 is 15.5. The summed E-state index contributed by atoms with van der Waals surface area (Å²) in [6.07, 6.45) is 6.71. The molecule has 8 heteroatoms. The van der Waals surface area contributed by atoms with Gasteiger partial charge in [0.15, 0.2) is 11.6 Å². The third-order valence-corrected chi connectivity index (χ3v) is 6.76. The van der Waals surface area contributed by atoms with Gasteiger partial charge in [0.25, 0.3) is 5.91 Å². The van der Waals surface area contributed by atoms with E-state index in [9.17, 15) is 4.79 Å². The van der Waals surface area contributed by atoms with E-state index in [1.165, 1.54) is 6.20 Å². The summed E-state index contributed by atoms with van der Waals surface area (Å²) in [5, 5.41) is 5.99. The molecule has 0 aromatic carbocycles. The van der Waals surface area contributed by atoms with Gasteiger partial charge in [0.1, 0.15) is 5.82 Å². The summed E-state index contributed by atoms with van der Waals surface area (Å²) in [6.45, 7) is 4.66.